The summed E-state index contributed by atoms with van der Waals surface area (Å²) in [5.41, 5.74) is 0. The lowest BCUT2D eigenvalue weighted by Crippen LogP contribution is -2.12. The first-order valence-electron chi connectivity index (χ1n) is 4.13. The van der Waals surface area contributed by atoms with Gasteiger partial charge < -0.3 is 4.79 Å². The van der Waals surface area contributed by atoms with Crippen molar-refractivity contribution in [2.45, 2.75) is 33.1 Å². The summed E-state index contributed by atoms with van der Waals surface area (Å²) < 4.78 is 0. The predicted octanol–water partition coefficient (Wildman–Crippen LogP) is 1.58. The van der Waals surface area contributed by atoms with E-state index in [1.165, 1.54) is 0 Å². The first-order chi connectivity index (χ1) is 5.11. The minimum absolute atomic E-state index is 0.124. The average Bonchev–Trinajstić information content (AvgIpc) is 2.18. The molecule has 1 rings (SSSR count). The molecule has 2 atom stereocenters. The highest BCUT2D eigenvalue weighted by Crippen LogP contribution is 2.30. The number of carbonyl (C=O) groups is 2. The van der Waals surface area contributed by atoms with Gasteiger partial charge in [0.05, 0.1) is 0 Å². The minimum Gasteiger partial charge on any atom is -0.300 e. The van der Waals surface area contributed by atoms with Gasteiger partial charge in [0.25, 0.3) is 0 Å². The maximum Gasteiger partial charge on any atom is 0.136 e. The molecule has 1 saturated carbocycles. The van der Waals surface area contributed by atoms with E-state index in [0.29, 0.717) is 24.5 Å². The van der Waals surface area contributed by atoms with E-state index in [9.17, 15) is 9.59 Å². The average molecular weight is 154 g/mol. The second kappa shape index (κ2) is 3.16. The second-order valence-electron chi connectivity index (χ2n) is 3.46. The molecular formula is C9H14O2. The summed E-state index contributed by atoms with van der Waals surface area (Å²) in [5.74, 6) is 0.992. The summed E-state index contributed by atoms with van der Waals surface area (Å²) in [6.07, 6.45) is 2.19. The third-order valence-electron chi connectivity index (χ3n) is 2.53. The fourth-order valence-corrected chi connectivity index (χ4v) is 1.72. The van der Waals surface area contributed by atoms with Crippen LogP contribution in [0.5, 0.6) is 0 Å². The third kappa shape index (κ3) is 1.88. The van der Waals surface area contributed by atoms with Crippen molar-refractivity contribution in [3.63, 3.8) is 0 Å². The number of hydrogen-bond acceptors (Lipinski definition) is 2. The van der Waals surface area contributed by atoms with Crippen LogP contribution in [0.15, 0.2) is 0 Å². The number of rotatable bonds is 2. The summed E-state index contributed by atoms with van der Waals surface area (Å²) >= 11 is 0. The first kappa shape index (κ1) is 8.44. The lowest BCUT2D eigenvalue weighted by Gasteiger charge is -2.10. The number of hydrogen-bond donors (Lipinski definition) is 0. The molecule has 0 aromatic carbocycles. The number of carbonyl (C=O) groups excluding carboxylic acids is 2. The molecule has 0 bridgehead atoms. The van der Waals surface area contributed by atoms with Crippen LogP contribution in [-0.2, 0) is 9.59 Å². The maximum atomic E-state index is 11.1. The zero-order chi connectivity index (χ0) is 8.43. The lowest BCUT2D eigenvalue weighted by molar-refractivity contribution is -0.121. The highest BCUT2D eigenvalue weighted by atomic mass is 16.1. The van der Waals surface area contributed by atoms with E-state index in [-0.39, 0.29) is 11.7 Å². The minimum atomic E-state index is 0.124. The van der Waals surface area contributed by atoms with Crippen molar-refractivity contribution < 1.29 is 9.59 Å². The molecule has 1 fully saturated rings. The standard InChI is InChI=1S/C9H14O2/c1-6(10)5-8-3-4-9(11)7(8)2/h7-8H,3-5H2,1-2H3/t7-,8-/m0/s1. The predicted molar refractivity (Wildman–Crippen MR) is 42.2 cm³/mol. The molecule has 0 amide bonds. The highest BCUT2D eigenvalue weighted by Gasteiger charge is 2.31. The zero-order valence-corrected chi connectivity index (χ0v) is 7.09. The van der Waals surface area contributed by atoms with Crippen molar-refractivity contribution >= 4 is 11.6 Å². The summed E-state index contributed by atoms with van der Waals surface area (Å²) in [7, 11) is 0. The molecule has 1 aliphatic carbocycles. The van der Waals surface area contributed by atoms with E-state index < -0.39 is 0 Å². The molecule has 0 saturated heterocycles. The third-order valence-corrected chi connectivity index (χ3v) is 2.53. The molecule has 0 aromatic heterocycles. The molecule has 0 heterocycles. The fraction of sp³-hybridized carbons (Fsp3) is 0.778. The van der Waals surface area contributed by atoms with Crippen molar-refractivity contribution in [1.82, 2.24) is 0 Å². The maximum absolute atomic E-state index is 11.1. The van der Waals surface area contributed by atoms with Gasteiger partial charge in [-0.1, -0.05) is 6.92 Å². The Balaban J connectivity index is 2.48. The van der Waals surface area contributed by atoms with Gasteiger partial charge in [-0.25, -0.2) is 0 Å². The van der Waals surface area contributed by atoms with Crippen LogP contribution < -0.4 is 0 Å². The number of ketones is 2. The Morgan fingerprint density at radius 2 is 2.27 bits per heavy atom. The van der Waals surface area contributed by atoms with Crippen LogP contribution in [0, 0.1) is 11.8 Å². The lowest BCUT2D eigenvalue weighted by atomic mass is 9.93. The van der Waals surface area contributed by atoms with E-state index in [1.807, 2.05) is 6.92 Å². The van der Waals surface area contributed by atoms with Crippen LogP contribution in [0.1, 0.15) is 33.1 Å². The second-order valence-corrected chi connectivity index (χ2v) is 3.46. The molecule has 0 radical (unpaired) electrons. The number of Topliss-reactive ketones (excluding diaryl/α,β-unsaturated/α-hetero) is 2. The molecule has 0 aromatic rings. The summed E-state index contributed by atoms with van der Waals surface area (Å²) in [6, 6.07) is 0. The van der Waals surface area contributed by atoms with Gasteiger partial charge in [0.2, 0.25) is 0 Å². The zero-order valence-electron chi connectivity index (χ0n) is 7.09. The van der Waals surface area contributed by atoms with Crippen molar-refractivity contribution in [1.29, 1.82) is 0 Å². The Hall–Kier alpha value is -0.660. The van der Waals surface area contributed by atoms with Gasteiger partial charge in [-0.15, -0.1) is 0 Å². The monoisotopic (exact) mass is 154 g/mol. The van der Waals surface area contributed by atoms with Gasteiger partial charge in [0.1, 0.15) is 11.6 Å². The molecule has 62 valence electrons. The van der Waals surface area contributed by atoms with Crippen molar-refractivity contribution in [2.75, 3.05) is 0 Å². The Morgan fingerprint density at radius 1 is 1.64 bits per heavy atom. The topological polar surface area (TPSA) is 34.1 Å². The van der Waals surface area contributed by atoms with E-state index in [4.69, 9.17) is 0 Å². The van der Waals surface area contributed by atoms with Gasteiger partial charge in [-0.2, -0.15) is 0 Å². The van der Waals surface area contributed by atoms with Crippen LogP contribution in [0.25, 0.3) is 0 Å². The van der Waals surface area contributed by atoms with E-state index in [2.05, 4.69) is 0 Å². The van der Waals surface area contributed by atoms with Crippen LogP contribution >= 0.6 is 0 Å². The Morgan fingerprint density at radius 3 is 2.64 bits per heavy atom. The first-order valence-corrected chi connectivity index (χ1v) is 4.13. The molecule has 2 nitrogen and oxygen atoms in total. The molecule has 0 unspecified atom stereocenters. The molecule has 1 aliphatic rings. The quantitative estimate of drug-likeness (QED) is 0.605. The van der Waals surface area contributed by atoms with E-state index in [1.54, 1.807) is 6.92 Å². The molecule has 0 aliphatic heterocycles. The van der Waals surface area contributed by atoms with Gasteiger partial charge in [0.15, 0.2) is 0 Å². The molecular weight excluding hydrogens is 140 g/mol. The smallest absolute Gasteiger partial charge is 0.136 e. The van der Waals surface area contributed by atoms with Gasteiger partial charge >= 0.3 is 0 Å². The fourth-order valence-electron chi connectivity index (χ4n) is 1.72. The van der Waals surface area contributed by atoms with Gasteiger partial charge in [0, 0.05) is 18.8 Å². The van der Waals surface area contributed by atoms with Crippen LogP contribution in [0.3, 0.4) is 0 Å². The normalized spacial score (nSPS) is 30.9. The van der Waals surface area contributed by atoms with Gasteiger partial charge in [-0.3, -0.25) is 4.79 Å². The SMILES string of the molecule is CC(=O)C[C@@H]1CCC(=O)[C@H]1C. The highest BCUT2D eigenvalue weighted by molar-refractivity contribution is 5.84. The Labute approximate surface area is 67.0 Å². The Kier molecular flexibility index (Phi) is 2.42. The van der Waals surface area contributed by atoms with Gasteiger partial charge in [-0.05, 0) is 19.3 Å². The Bertz CT molecular complexity index is 184. The van der Waals surface area contributed by atoms with Crippen LogP contribution in [-0.4, -0.2) is 11.6 Å². The molecule has 0 spiro atoms. The van der Waals surface area contributed by atoms with Crippen molar-refractivity contribution in [3.05, 3.63) is 0 Å². The molecule has 11 heavy (non-hydrogen) atoms. The largest absolute Gasteiger partial charge is 0.300 e. The van der Waals surface area contributed by atoms with Crippen molar-refractivity contribution in [2.24, 2.45) is 11.8 Å². The summed E-state index contributed by atoms with van der Waals surface area (Å²) in [5, 5.41) is 0. The van der Waals surface area contributed by atoms with Crippen molar-refractivity contribution in [3.8, 4) is 0 Å². The van der Waals surface area contributed by atoms with E-state index >= 15 is 0 Å². The van der Waals surface area contributed by atoms with E-state index in [0.717, 1.165) is 6.42 Å². The molecule has 0 N–H and O–H groups in total. The van der Waals surface area contributed by atoms with Crippen LogP contribution in [0.2, 0.25) is 0 Å². The van der Waals surface area contributed by atoms with Crippen LogP contribution in [0.4, 0.5) is 0 Å². The molecule has 2 heteroatoms. The summed E-state index contributed by atoms with van der Waals surface area (Å²) in [6.45, 7) is 3.53. The summed E-state index contributed by atoms with van der Waals surface area (Å²) in [4.78, 5) is 21.8.